The highest BCUT2D eigenvalue weighted by molar-refractivity contribution is 6.32. The Balaban J connectivity index is 2.47. The summed E-state index contributed by atoms with van der Waals surface area (Å²) in [5.41, 5.74) is 3.35. The summed E-state index contributed by atoms with van der Waals surface area (Å²) >= 11 is 12.9. The molecule has 0 aliphatic carbocycles. The van der Waals surface area contributed by atoms with Crippen LogP contribution in [0.25, 0.3) is 0 Å². The minimum atomic E-state index is -0.528. The summed E-state index contributed by atoms with van der Waals surface area (Å²) in [6.45, 7) is 18.0. The first kappa shape index (κ1) is 24.7. The van der Waals surface area contributed by atoms with E-state index in [0.29, 0.717) is 21.5 Å². The van der Waals surface area contributed by atoms with Crippen LogP contribution < -0.4 is 9.47 Å². The quantitative estimate of drug-likeness (QED) is 0.267. The number of rotatable bonds is 6. The third-order valence-electron chi connectivity index (χ3n) is 4.99. The first-order chi connectivity index (χ1) is 14.2. The lowest BCUT2D eigenvalue weighted by molar-refractivity contribution is -0.131. The predicted octanol–water partition coefficient (Wildman–Crippen LogP) is 6.90. The third-order valence-corrected chi connectivity index (χ3v) is 5.55. The van der Waals surface area contributed by atoms with Gasteiger partial charge in [0.2, 0.25) is 0 Å². The normalized spacial score (nSPS) is 11.1. The Morgan fingerprint density at radius 1 is 0.774 bits per heavy atom. The van der Waals surface area contributed by atoms with Crippen molar-refractivity contribution >= 4 is 35.1 Å². The Bertz CT molecular complexity index is 965. The highest BCUT2D eigenvalue weighted by Crippen LogP contribution is 2.41. The molecule has 31 heavy (non-hydrogen) atoms. The molecule has 6 heteroatoms. The molecule has 0 aromatic heterocycles. The molecule has 0 N–H and O–H groups in total. The summed E-state index contributed by atoms with van der Waals surface area (Å²) in [5, 5.41) is 0.653. The largest absolute Gasteiger partial charge is 0.421 e. The minimum Gasteiger partial charge on any atom is -0.421 e. The molecule has 164 valence electrons. The Kier molecular flexibility index (Phi) is 7.40. The van der Waals surface area contributed by atoms with Gasteiger partial charge < -0.3 is 9.47 Å². The minimum absolute atomic E-state index is 0.289. The molecule has 0 aliphatic rings. The maximum absolute atomic E-state index is 11.9. The lowest BCUT2D eigenvalue weighted by Crippen LogP contribution is -2.20. The van der Waals surface area contributed by atoms with Crippen LogP contribution in [-0.2, 0) is 15.0 Å². The van der Waals surface area contributed by atoms with Gasteiger partial charge in [0.05, 0.1) is 10.0 Å². The Morgan fingerprint density at radius 3 is 1.35 bits per heavy atom. The van der Waals surface area contributed by atoms with Crippen LogP contribution in [0.2, 0.25) is 10.0 Å². The summed E-state index contributed by atoms with van der Waals surface area (Å²) in [4.78, 5) is 23.8. The number of esters is 2. The second-order valence-electron chi connectivity index (χ2n) is 8.17. The number of aryl methyl sites for hydroxylation is 2. The lowest BCUT2D eigenvalue weighted by Gasteiger charge is -2.28. The molecule has 4 nitrogen and oxygen atoms in total. The van der Waals surface area contributed by atoms with Crippen LogP contribution in [0, 0.1) is 13.8 Å². The molecular weight excluding hydrogens is 435 g/mol. The van der Waals surface area contributed by atoms with Crippen LogP contribution in [-0.4, -0.2) is 11.9 Å². The molecular formula is C25H26Cl2O4. The monoisotopic (exact) mass is 460 g/mol. The predicted molar refractivity (Wildman–Crippen MR) is 125 cm³/mol. The Labute approximate surface area is 193 Å². The molecule has 0 aliphatic heterocycles. The van der Waals surface area contributed by atoms with Gasteiger partial charge in [-0.1, -0.05) is 62.3 Å². The van der Waals surface area contributed by atoms with Gasteiger partial charge in [-0.15, -0.1) is 0 Å². The van der Waals surface area contributed by atoms with Crippen molar-refractivity contribution in [3.8, 4) is 11.5 Å². The molecule has 0 spiro atoms. The maximum Gasteiger partial charge on any atom is 0.338 e. The van der Waals surface area contributed by atoms with E-state index in [2.05, 4.69) is 13.2 Å². The summed E-state index contributed by atoms with van der Waals surface area (Å²) in [7, 11) is 0. The highest BCUT2D eigenvalue weighted by Gasteiger charge is 2.28. The van der Waals surface area contributed by atoms with Gasteiger partial charge in [0.1, 0.15) is 0 Å². The van der Waals surface area contributed by atoms with E-state index in [0.717, 1.165) is 22.3 Å². The second kappa shape index (κ2) is 9.29. The van der Waals surface area contributed by atoms with Crippen LogP contribution >= 0.6 is 23.2 Å². The van der Waals surface area contributed by atoms with E-state index in [4.69, 9.17) is 32.7 Å². The number of halogens is 2. The Hall–Kier alpha value is -2.56. The average molecular weight is 461 g/mol. The van der Waals surface area contributed by atoms with Crippen molar-refractivity contribution in [1.82, 2.24) is 0 Å². The number of ether oxygens (including phenoxy) is 2. The van der Waals surface area contributed by atoms with Gasteiger partial charge in [-0.3, -0.25) is 0 Å². The topological polar surface area (TPSA) is 52.6 Å². The SMILES string of the molecule is C=C(C)C(=O)Oc1c(C)cc(C(C)(C)c2cc(C)c(OC(=O)C(=C)C)c(Cl)c2)cc1Cl. The second-order valence-corrected chi connectivity index (χ2v) is 8.99. The molecule has 0 saturated carbocycles. The van der Waals surface area contributed by atoms with Crippen molar-refractivity contribution in [2.45, 2.75) is 47.0 Å². The van der Waals surface area contributed by atoms with E-state index in [9.17, 15) is 9.59 Å². The van der Waals surface area contributed by atoms with Crippen molar-refractivity contribution in [3.05, 3.63) is 80.9 Å². The molecule has 0 radical (unpaired) electrons. The third kappa shape index (κ3) is 5.38. The fourth-order valence-corrected chi connectivity index (χ4v) is 3.58. The van der Waals surface area contributed by atoms with Gasteiger partial charge in [0.25, 0.3) is 0 Å². The van der Waals surface area contributed by atoms with Crippen molar-refractivity contribution in [2.75, 3.05) is 0 Å². The van der Waals surface area contributed by atoms with Gasteiger partial charge in [0, 0.05) is 16.6 Å². The zero-order valence-corrected chi connectivity index (χ0v) is 20.1. The van der Waals surface area contributed by atoms with E-state index < -0.39 is 17.4 Å². The molecule has 0 atom stereocenters. The molecule has 0 saturated heterocycles. The fraction of sp³-hybridized carbons (Fsp3) is 0.280. The summed E-state index contributed by atoms with van der Waals surface area (Å²) in [6.07, 6.45) is 0. The summed E-state index contributed by atoms with van der Waals surface area (Å²) in [5.74, 6) is -0.436. The molecule has 0 unspecified atom stereocenters. The van der Waals surface area contributed by atoms with Crippen molar-refractivity contribution in [1.29, 1.82) is 0 Å². The number of carbonyl (C=O) groups is 2. The molecule has 2 aromatic rings. The van der Waals surface area contributed by atoms with Gasteiger partial charge in [0.15, 0.2) is 11.5 Å². The van der Waals surface area contributed by atoms with E-state index in [1.807, 2.05) is 39.8 Å². The van der Waals surface area contributed by atoms with Crippen LogP contribution in [0.5, 0.6) is 11.5 Å². The molecule has 0 heterocycles. The van der Waals surface area contributed by atoms with Crippen LogP contribution in [0.4, 0.5) is 0 Å². The molecule has 0 bridgehead atoms. The molecule has 2 rings (SSSR count). The van der Waals surface area contributed by atoms with Gasteiger partial charge >= 0.3 is 11.9 Å². The standard InChI is InChI=1S/C25H26Cl2O4/c1-13(2)23(28)30-21-15(5)9-17(11-19(21)26)25(7,8)18-10-16(6)22(20(27)12-18)31-24(29)14(3)4/h9-12H,1,3H2,2,4-8H3. The maximum atomic E-state index is 11.9. The number of benzene rings is 2. The number of hydrogen-bond acceptors (Lipinski definition) is 4. The van der Waals surface area contributed by atoms with Crippen LogP contribution in [0.3, 0.4) is 0 Å². The van der Waals surface area contributed by atoms with E-state index >= 15 is 0 Å². The van der Waals surface area contributed by atoms with Crippen molar-refractivity contribution in [3.63, 3.8) is 0 Å². The highest BCUT2D eigenvalue weighted by atomic mass is 35.5. The first-order valence-electron chi connectivity index (χ1n) is 9.62. The molecule has 2 aromatic carbocycles. The fourth-order valence-electron chi connectivity index (χ4n) is 2.97. The van der Waals surface area contributed by atoms with Gasteiger partial charge in [-0.05, 0) is 62.1 Å². The van der Waals surface area contributed by atoms with Gasteiger partial charge in [-0.2, -0.15) is 0 Å². The smallest absolute Gasteiger partial charge is 0.338 e. The Morgan fingerprint density at radius 2 is 1.10 bits per heavy atom. The van der Waals surface area contributed by atoms with Crippen LogP contribution in [0.1, 0.15) is 49.9 Å². The zero-order chi connectivity index (χ0) is 23.7. The van der Waals surface area contributed by atoms with Gasteiger partial charge in [-0.25, -0.2) is 9.59 Å². The van der Waals surface area contributed by atoms with Crippen molar-refractivity contribution in [2.24, 2.45) is 0 Å². The van der Waals surface area contributed by atoms with Crippen LogP contribution in [0.15, 0.2) is 48.6 Å². The average Bonchev–Trinajstić information content (AvgIpc) is 2.66. The summed E-state index contributed by atoms with van der Waals surface area (Å²) in [6, 6.07) is 7.39. The van der Waals surface area contributed by atoms with E-state index in [-0.39, 0.29) is 11.1 Å². The zero-order valence-electron chi connectivity index (χ0n) is 18.6. The molecule has 0 amide bonds. The lowest BCUT2D eigenvalue weighted by atomic mass is 9.77. The number of hydrogen-bond donors (Lipinski definition) is 0. The van der Waals surface area contributed by atoms with E-state index in [1.165, 1.54) is 0 Å². The van der Waals surface area contributed by atoms with Crippen molar-refractivity contribution < 1.29 is 19.1 Å². The summed E-state index contributed by atoms with van der Waals surface area (Å²) < 4.78 is 10.7. The first-order valence-corrected chi connectivity index (χ1v) is 10.4. The molecule has 0 fully saturated rings. The number of carbonyl (C=O) groups excluding carboxylic acids is 2. The van der Waals surface area contributed by atoms with E-state index in [1.54, 1.807) is 26.0 Å².